The van der Waals surface area contributed by atoms with Gasteiger partial charge in [0.2, 0.25) is 0 Å². The Morgan fingerprint density at radius 2 is 2.13 bits per heavy atom. The number of hydrogen-bond acceptors (Lipinski definition) is 6. The van der Waals surface area contributed by atoms with E-state index in [1.54, 1.807) is 18.3 Å². The summed E-state index contributed by atoms with van der Waals surface area (Å²) in [4.78, 5) is 28.7. The van der Waals surface area contributed by atoms with Crippen LogP contribution in [0.5, 0.6) is 0 Å². The van der Waals surface area contributed by atoms with Crippen LogP contribution in [0.1, 0.15) is 6.92 Å². The summed E-state index contributed by atoms with van der Waals surface area (Å²) >= 11 is 0. The molecule has 23 heavy (non-hydrogen) atoms. The zero-order chi connectivity index (χ0) is 16.6. The van der Waals surface area contributed by atoms with Gasteiger partial charge >= 0.3 is 5.97 Å². The maximum absolute atomic E-state index is 11.9. The van der Waals surface area contributed by atoms with Crippen LogP contribution < -0.4 is 4.90 Å². The normalized spacial score (nSPS) is 20.7. The van der Waals surface area contributed by atoms with Gasteiger partial charge in [-0.3, -0.25) is 19.9 Å². The van der Waals surface area contributed by atoms with Crippen LogP contribution in [0.25, 0.3) is 10.8 Å². The van der Waals surface area contributed by atoms with Gasteiger partial charge in [-0.15, -0.1) is 0 Å². The molecule has 0 unspecified atom stereocenters. The van der Waals surface area contributed by atoms with Gasteiger partial charge in [0.1, 0.15) is 0 Å². The molecule has 0 bridgehead atoms. The first-order chi connectivity index (χ1) is 11.0. The van der Waals surface area contributed by atoms with E-state index in [1.165, 1.54) is 19.4 Å². The fourth-order valence-electron chi connectivity index (χ4n) is 3.22. The van der Waals surface area contributed by atoms with Gasteiger partial charge in [0.05, 0.1) is 23.3 Å². The van der Waals surface area contributed by atoms with Crippen molar-refractivity contribution < 1.29 is 14.5 Å². The molecule has 0 spiro atoms. The Kier molecular flexibility index (Phi) is 3.85. The van der Waals surface area contributed by atoms with Crippen LogP contribution in [0.15, 0.2) is 30.6 Å². The van der Waals surface area contributed by atoms with Gasteiger partial charge in [-0.25, -0.2) is 0 Å². The molecule has 1 aromatic heterocycles. The first-order valence-electron chi connectivity index (χ1n) is 7.36. The molecule has 0 N–H and O–H groups in total. The summed E-state index contributed by atoms with van der Waals surface area (Å²) in [6.45, 7) is 3.26. The van der Waals surface area contributed by atoms with Gasteiger partial charge in [0.25, 0.3) is 5.69 Å². The number of non-ortho nitro benzene ring substituents is 1. The summed E-state index contributed by atoms with van der Waals surface area (Å²) < 4.78 is 4.86. The number of aromatic nitrogens is 1. The molecule has 3 rings (SSSR count). The Bertz CT molecular complexity index is 777. The van der Waals surface area contributed by atoms with Gasteiger partial charge in [0, 0.05) is 42.6 Å². The van der Waals surface area contributed by atoms with Gasteiger partial charge < -0.3 is 9.64 Å². The summed E-state index contributed by atoms with van der Waals surface area (Å²) in [5.41, 5.74) is 0.917. The van der Waals surface area contributed by atoms with E-state index in [0.29, 0.717) is 18.5 Å². The molecule has 7 nitrogen and oxygen atoms in total. The van der Waals surface area contributed by atoms with Crippen molar-refractivity contribution in [3.05, 3.63) is 40.7 Å². The molecule has 2 atom stereocenters. The van der Waals surface area contributed by atoms with Crippen LogP contribution in [0.3, 0.4) is 0 Å². The largest absolute Gasteiger partial charge is 0.469 e. The fourth-order valence-corrected chi connectivity index (χ4v) is 3.22. The Labute approximate surface area is 133 Å². The minimum absolute atomic E-state index is 0.0358. The number of carbonyl (C=O) groups is 1. The molecular weight excluding hydrogens is 298 g/mol. The lowest BCUT2D eigenvalue weighted by Gasteiger charge is -2.20. The van der Waals surface area contributed by atoms with E-state index < -0.39 is 4.92 Å². The molecule has 1 saturated heterocycles. The standard InChI is InChI=1S/C16H17N3O4/c1-10-8-18(9-13(10)16(20)23-2)14-3-4-15(19(21)22)12-7-17-6-5-11(12)14/h3-7,10,13H,8-9H2,1-2H3/t10-,13-/m1/s1. The van der Waals surface area contributed by atoms with Gasteiger partial charge in [0.15, 0.2) is 0 Å². The predicted octanol–water partition coefficient (Wildman–Crippen LogP) is 2.39. The number of methoxy groups -OCH3 is 1. The van der Waals surface area contributed by atoms with E-state index in [4.69, 9.17) is 4.74 Å². The SMILES string of the molecule is COC(=O)[C@@H]1CN(c2ccc([N+](=O)[O-])c3cnccc23)C[C@H]1C. The maximum Gasteiger partial charge on any atom is 0.310 e. The minimum atomic E-state index is -0.405. The van der Waals surface area contributed by atoms with Crippen LogP contribution in [0.2, 0.25) is 0 Å². The molecule has 1 aliphatic heterocycles. The molecule has 0 radical (unpaired) electrons. The summed E-state index contributed by atoms with van der Waals surface area (Å²) in [6.07, 6.45) is 3.13. The summed E-state index contributed by atoms with van der Waals surface area (Å²) in [5, 5.41) is 12.5. The summed E-state index contributed by atoms with van der Waals surface area (Å²) in [5.74, 6) is -0.241. The molecule has 0 aliphatic carbocycles. The van der Waals surface area contributed by atoms with Crippen LogP contribution in [0.4, 0.5) is 11.4 Å². The van der Waals surface area contributed by atoms with Crippen LogP contribution >= 0.6 is 0 Å². The summed E-state index contributed by atoms with van der Waals surface area (Å²) in [6, 6.07) is 5.01. The van der Waals surface area contributed by atoms with Crippen molar-refractivity contribution in [3.8, 4) is 0 Å². The molecular formula is C16H17N3O4. The molecule has 120 valence electrons. The quantitative estimate of drug-likeness (QED) is 0.491. The lowest BCUT2D eigenvalue weighted by Crippen LogP contribution is -2.24. The van der Waals surface area contributed by atoms with Crippen molar-refractivity contribution in [2.75, 3.05) is 25.1 Å². The van der Waals surface area contributed by atoms with E-state index >= 15 is 0 Å². The van der Waals surface area contributed by atoms with Crippen molar-refractivity contribution >= 4 is 28.1 Å². The summed E-state index contributed by atoms with van der Waals surface area (Å²) in [7, 11) is 1.39. The number of esters is 1. The first-order valence-corrected chi connectivity index (χ1v) is 7.36. The second-order valence-electron chi connectivity index (χ2n) is 5.79. The van der Waals surface area contributed by atoms with Crippen molar-refractivity contribution in [1.29, 1.82) is 0 Å². The Morgan fingerprint density at radius 3 is 2.83 bits per heavy atom. The predicted molar refractivity (Wildman–Crippen MR) is 85.3 cm³/mol. The number of benzene rings is 1. The van der Waals surface area contributed by atoms with Crippen molar-refractivity contribution in [1.82, 2.24) is 4.98 Å². The highest BCUT2D eigenvalue weighted by Crippen LogP contribution is 2.36. The Morgan fingerprint density at radius 1 is 1.35 bits per heavy atom. The number of rotatable bonds is 3. The number of nitro groups is 1. The fraction of sp³-hybridized carbons (Fsp3) is 0.375. The third-order valence-corrected chi connectivity index (χ3v) is 4.43. The number of pyridine rings is 1. The number of nitrogens with zero attached hydrogens (tertiary/aromatic N) is 3. The van der Waals surface area contributed by atoms with Gasteiger partial charge in [-0.05, 0) is 18.1 Å². The van der Waals surface area contributed by atoms with Gasteiger partial charge in [-0.2, -0.15) is 0 Å². The minimum Gasteiger partial charge on any atom is -0.469 e. The monoisotopic (exact) mass is 315 g/mol. The third-order valence-electron chi connectivity index (χ3n) is 4.43. The average Bonchev–Trinajstić information content (AvgIpc) is 2.94. The molecule has 1 aliphatic rings. The number of carbonyl (C=O) groups excluding carboxylic acids is 1. The zero-order valence-corrected chi connectivity index (χ0v) is 12.9. The van der Waals surface area contributed by atoms with E-state index in [2.05, 4.69) is 9.88 Å². The van der Waals surface area contributed by atoms with E-state index in [0.717, 1.165) is 11.1 Å². The average molecular weight is 315 g/mol. The Hall–Kier alpha value is -2.70. The number of ether oxygens (including phenoxy) is 1. The van der Waals surface area contributed by atoms with Crippen molar-refractivity contribution in [3.63, 3.8) is 0 Å². The van der Waals surface area contributed by atoms with E-state index in [1.807, 2.05) is 6.92 Å². The molecule has 1 aromatic carbocycles. The van der Waals surface area contributed by atoms with Crippen LogP contribution in [-0.2, 0) is 9.53 Å². The van der Waals surface area contributed by atoms with Crippen LogP contribution in [0, 0.1) is 22.0 Å². The second-order valence-corrected chi connectivity index (χ2v) is 5.79. The Balaban J connectivity index is 2.03. The molecule has 7 heteroatoms. The van der Waals surface area contributed by atoms with Crippen molar-refractivity contribution in [2.24, 2.45) is 11.8 Å². The van der Waals surface area contributed by atoms with Crippen LogP contribution in [-0.4, -0.2) is 36.1 Å². The second kappa shape index (κ2) is 5.83. The molecule has 2 heterocycles. The lowest BCUT2D eigenvalue weighted by molar-refractivity contribution is -0.383. The zero-order valence-electron chi connectivity index (χ0n) is 12.9. The highest BCUT2D eigenvalue weighted by atomic mass is 16.6. The van der Waals surface area contributed by atoms with E-state index in [-0.39, 0.29) is 23.5 Å². The molecule has 1 fully saturated rings. The number of nitro benzene ring substituents is 1. The topological polar surface area (TPSA) is 85.6 Å². The molecule has 0 amide bonds. The van der Waals surface area contributed by atoms with Gasteiger partial charge in [-0.1, -0.05) is 6.92 Å². The highest BCUT2D eigenvalue weighted by molar-refractivity contribution is 5.99. The number of hydrogen-bond donors (Lipinski definition) is 0. The smallest absolute Gasteiger partial charge is 0.310 e. The third kappa shape index (κ3) is 2.58. The maximum atomic E-state index is 11.9. The lowest BCUT2D eigenvalue weighted by atomic mass is 9.99. The molecule has 0 saturated carbocycles. The first kappa shape index (κ1) is 15.2. The molecule has 2 aromatic rings. The number of fused-ring (bicyclic) bond motifs is 1. The van der Waals surface area contributed by atoms with E-state index in [9.17, 15) is 14.9 Å². The number of anilines is 1. The van der Waals surface area contributed by atoms with Crippen molar-refractivity contribution in [2.45, 2.75) is 6.92 Å². The highest BCUT2D eigenvalue weighted by Gasteiger charge is 2.36.